The highest BCUT2D eigenvalue weighted by Crippen LogP contribution is 2.26. The number of fused-ring (bicyclic) bond motifs is 1. The summed E-state index contributed by atoms with van der Waals surface area (Å²) in [7, 11) is 0. The number of carboxylic acid groups (broad SMARTS) is 1. The van der Waals surface area contributed by atoms with Gasteiger partial charge in [-0.2, -0.15) is 5.26 Å². The lowest BCUT2D eigenvalue weighted by atomic mass is 10.2. The van der Waals surface area contributed by atoms with Crippen LogP contribution in [0.25, 0.3) is 16.6 Å². The van der Waals surface area contributed by atoms with Crippen LogP contribution < -0.4 is 0 Å². The lowest BCUT2D eigenvalue weighted by Gasteiger charge is -2.12. The Morgan fingerprint density at radius 2 is 2.12 bits per heavy atom. The second kappa shape index (κ2) is 6.17. The van der Waals surface area contributed by atoms with Crippen molar-refractivity contribution in [3.63, 3.8) is 0 Å². The van der Waals surface area contributed by atoms with E-state index in [-0.39, 0.29) is 5.70 Å². The van der Waals surface area contributed by atoms with Crippen molar-refractivity contribution in [2.75, 3.05) is 0 Å². The number of aliphatic carboxylic acids is 1. The van der Waals surface area contributed by atoms with Gasteiger partial charge < -0.3 is 19.1 Å². The van der Waals surface area contributed by atoms with E-state index in [2.05, 4.69) is 0 Å². The molecule has 1 aromatic carbocycles. The minimum atomic E-state index is -1.24. The maximum Gasteiger partial charge on any atom is 0.356 e. The predicted octanol–water partition coefficient (Wildman–Crippen LogP) is 2.63. The lowest BCUT2D eigenvalue weighted by molar-refractivity contribution is -0.152. The van der Waals surface area contributed by atoms with Gasteiger partial charge >= 0.3 is 11.9 Å². The van der Waals surface area contributed by atoms with Crippen LogP contribution in [0.1, 0.15) is 19.4 Å². The number of hydrogen-bond acceptors (Lipinski definition) is 5. The summed E-state index contributed by atoms with van der Waals surface area (Å²) in [6.45, 7) is 3.29. The highest BCUT2D eigenvalue weighted by Gasteiger charge is 2.29. The molecule has 2 heterocycles. The van der Waals surface area contributed by atoms with E-state index >= 15 is 0 Å². The number of carbonyl (C=O) groups excluding carboxylic acids is 1. The molecule has 0 aliphatic carbocycles. The monoisotopic (exact) mass is 338 g/mol. The number of hydrogen-bond donors (Lipinski definition) is 1. The minimum Gasteiger partial charge on any atom is -0.476 e. The molecule has 126 valence electrons. The van der Waals surface area contributed by atoms with Crippen LogP contribution in [0, 0.1) is 11.3 Å². The molecule has 0 bridgehead atoms. The number of aromatic nitrogens is 1. The molecule has 0 saturated carbocycles. The average Bonchev–Trinajstić information content (AvgIpc) is 3.08. The zero-order chi connectivity index (χ0) is 18.1. The Labute approximate surface area is 143 Å². The summed E-state index contributed by atoms with van der Waals surface area (Å²) in [5, 5.41) is 19.4. The molecular formula is C18H14N2O5. The van der Waals surface area contributed by atoms with Crippen molar-refractivity contribution in [3.05, 3.63) is 53.4 Å². The van der Waals surface area contributed by atoms with Crippen LogP contribution >= 0.6 is 0 Å². The van der Waals surface area contributed by atoms with Crippen molar-refractivity contribution in [1.29, 1.82) is 5.26 Å². The summed E-state index contributed by atoms with van der Waals surface area (Å²) in [5.41, 5.74) is 1.73. The van der Waals surface area contributed by atoms with Crippen molar-refractivity contribution in [1.82, 2.24) is 4.57 Å². The standard InChI is InChI=1S/C18H14N2O5/c1-10-11(2)18(25-17(10)23)24-9-15(16(21)22)20-8-12(7-19)13-5-3-4-6-14(13)20/h3-6,8-9,18H,1-2H3,(H,21,22)/b15-9-. The Kier molecular flexibility index (Phi) is 4.03. The Hall–Kier alpha value is -3.53. The Balaban J connectivity index is 2.02. The molecule has 1 aliphatic heterocycles. The summed E-state index contributed by atoms with van der Waals surface area (Å²) in [4.78, 5) is 23.2. The van der Waals surface area contributed by atoms with Gasteiger partial charge in [0.1, 0.15) is 12.3 Å². The zero-order valence-electron chi connectivity index (χ0n) is 13.5. The SMILES string of the molecule is CC1=C(C)C(O/C=C(/C(=O)O)n2cc(C#N)c3ccccc32)OC1=O. The number of nitrogens with zero attached hydrogens (tertiary/aromatic N) is 2. The van der Waals surface area contributed by atoms with Crippen molar-refractivity contribution in [3.8, 4) is 6.07 Å². The van der Waals surface area contributed by atoms with Crippen LogP contribution in [0.15, 0.2) is 47.9 Å². The molecule has 1 N–H and O–H groups in total. The quantitative estimate of drug-likeness (QED) is 0.522. The molecule has 0 spiro atoms. The molecule has 0 fully saturated rings. The van der Waals surface area contributed by atoms with Gasteiger partial charge in [-0.15, -0.1) is 0 Å². The van der Waals surface area contributed by atoms with Crippen LogP contribution in [-0.4, -0.2) is 27.9 Å². The summed E-state index contributed by atoms with van der Waals surface area (Å²) < 4.78 is 11.8. The van der Waals surface area contributed by atoms with Crippen molar-refractivity contribution in [2.45, 2.75) is 20.1 Å². The van der Waals surface area contributed by atoms with Crippen molar-refractivity contribution >= 4 is 28.5 Å². The topological polar surface area (TPSA) is 102 Å². The smallest absolute Gasteiger partial charge is 0.356 e. The first-order valence-corrected chi connectivity index (χ1v) is 7.42. The van der Waals surface area contributed by atoms with Gasteiger partial charge in [-0.1, -0.05) is 18.2 Å². The number of cyclic esters (lactones) is 1. The van der Waals surface area contributed by atoms with E-state index in [0.29, 0.717) is 27.6 Å². The highest BCUT2D eigenvalue weighted by atomic mass is 16.7. The number of rotatable bonds is 4. The van der Waals surface area contributed by atoms with E-state index in [4.69, 9.17) is 9.47 Å². The van der Waals surface area contributed by atoms with Crippen LogP contribution in [0.2, 0.25) is 0 Å². The maximum atomic E-state index is 11.7. The first kappa shape index (κ1) is 16.3. The van der Waals surface area contributed by atoms with Crippen molar-refractivity contribution < 1.29 is 24.2 Å². The summed E-state index contributed by atoms with van der Waals surface area (Å²) >= 11 is 0. The fraction of sp³-hybridized carbons (Fsp3) is 0.167. The lowest BCUT2D eigenvalue weighted by Crippen LogP contribution is -2.14. The van der Waals surface area contributed by atoms with Gasteiger partial charge in [0.05, 0.1) is 11.1 Å². The molecule has 0 saturated heterocycles. The van der Waals surface area contributed by atoms with E-state index in [9.17, 15) is 20.0 Å². The third kappa shape index (κ3) is 2.74. The number of esters is 1. The molecule has 7 heteroatoms. The van der Waals surface area contributed by atoms with E-state index in [1.165, 1.54) is 10.8 Å². The molecule has 2 aromatic rings. The molecule has 25 heavy (non-hydrogen) atoms. The fourth-order valence-corrected chi connectivity index (χ4v) is 2.55. The number of nitriles is 1. The van der Waals surface area contributed by atoms with Crippen LogP contribution in [0.4, 0.5) is 0 Å². The van der Waals surface area contributed by atoms with Gasteiger partial charge in [-0.3, -0.25) is 0 Å². The van der Waals surface area contributed by atoms with Gasteiger partial charge in [0.15, 0.2) is 5.70 Å². The first-order valence-electron chi connectivity index (χ1n) is 7.42. The molecule has 0 amide bonds. The van der Waals surface area contributed by atoms with Gasteiger partial charge in [0.2, 0.25) is 0 Å². The Morgan fingerprint density at radius 1 is 1.40 bits per heavy atom. The van der Waals surface area contributed by atoms with Crippen molar-refractivity contribution in [2.24, 2.45) is 0 Å². The largest absolute Gasteiger partial charge is 0.476 e. The van der Waals surface area contributed by atoms with E-state index in [1.807, 2.05) is 6.07 Å². The van der Waals surface area contributed by atoms with Crippen LogP contribution in [-0.2, 0) is 19.1 Å². The molecule has 1 aliphatic rings. The van der Waals surface area contributed by atoms with Crippen LogP contribution in [0.5, 0.6) is 0 Å². The number of benzene rings is 1. The third-order valence-electron chi connectivity index (χ3n) is 4.08. The number of carboxylic acids is 1. The van der Waals surface area contributed by atoms with Gasteiger partial charge in [0.25, 0.3) is 6.29 Å². The predicted molar refractivity (Wildman–Crippen MR) is 87.9 cm³/mol. The first-order chi connectivity index (χ1) is 11.9. The Morgan fingerprint density at radius 3 is 2.72 bits per heavy atom. The summed E-state index contributed by atoms with van der Waals surface area (Å²) in [6.07, 6.45) is 1.50. The summed E-state index contributed by atoms with van der Waals surface area (Å²) in [5.74, 6) is -1.74. The third-order valence-corrected chi connectivity index (χ3v) is 4.08. The average molecular weight is 338 g/mol. The van der Waals surface area contributed by atoms with E-state index in [1.54, 1.807) is 38.1 Å². The number of carbonyl (C=O) groups is 2. The summed E-state index contributed by atoms with van der Waals surface area (Å²) in [6, 6.07) is 9.00. The van der Waals surface area contributed by atoms with Gasteiger partial charge in [-0.05, 0) is 19.9 Å². The second-order valence-electron chi connectivity index (χ2n) is 5.53. The Bertz CT molecular complexity index is 991. The molecule has 1 aromatic heterocycles. The molecule has 1 atom stereocenters. The minimum absolute atomic E-state index is 0.203. The molecule has 0 radical (unpaired) electrons. The maximum absolute atomic E-state index is 11.7. The second-order valence-corrected chi connectivity index (χ2v) is 5.53. The molecule has 7 nitrogen and oxygen atoms in total. The highest BCUT2D eigenvalue weighted by molar-refractivity contribution is 6.11. The van der Waals surface area contributed by atoms with Gasteiger partial charge in [0, 0.05) is 22.7 Å². The van der Waals surface area contributed by atoms with E-state index < -0.39 is 18.2 Å². The zero-order valence-corrected chi connectivity index (χ0v) is 13.5. The number of ether oxygens (including phenoxy) is 2. The van der Waals surface area contributed by atoms with E-state index in [0.717, 1.165) is 6.26 Å². The fourth-order valence-electron chi connectivity index (χ4n) is 2.55. The van der Waals surface area contributed by atoms with Gasteiger partial charge in [-0.25, -0.2) is 9.59 Å². The molecular weight excluding hydrogens is 324 g/mol. The normalized spacial score (nSPS) is 17.6. The molecule has 1 unspecified atom stereocenters. The van der Waals surface area contributed by atoms with Crippen LogP contribution in [0.3, 0.4) is 0 Å². The number of para-hydroxylation sites is 1. The molecule has 3 rings (SSSR count).